The van der Waals surface area contributed by atoms with Gasteiger partial charge in [0, 0.05) is 18.2 Å². The number of rotatable bonds is 3. The number of nitrogens with two attached hydrogens (primary N) is 1. The second-order valence-electron chi connectivity index (χ2n) is 2.94. The summed E-state index contributed by atoms with van der Waals surface area (Å²) in [7, 11) is 0. The van der Waals surface area contributed by atoms with Gasteiger partial charge in [0.1, 0.15) is 0 Å². The minimum absolute atomic E-state index is 0.201. The lowest BCUT2D eigenvalue weighted by molar-refractivity contribution is 0.310. The van der Waals surface area contributed by atoms with Crippen molar-refractivity contribution in [2.75, 3.05) is 12.3 Å². The summed E-state index contributed by atoms with van der Waals surface area (Å²) >= 11 is 0. The highest BCUT2D eigenvalue weighted by molar-refractivity contribution is 5.50. The Balaban J connectivity index is 2.78. The lowest BCUT2D eigenvalue weighted by Gasteiger charge is -2.08. The minimum atomic E-state index is -0.454. The first-order chi connectivity index (χ1) is 6.65. The molecule has 0 radical (unpaired) electrons. The normalized spacial score (nSPS) is 9.50. The van der Waals surface area contributed by atoms with Gasteiger partial charge >= 0.3 is 0 Å². The summed E-state index contributed by atoms with van der Waals surface area (Å²) in [6, 6.07) is 2.82. The molecule has 0 aromatic heterocycles. The highest BCUT2D eigenvalue weighted by Gasteiger charge is 2.05. The second kappa shape index (κ2) is 4.52. The van der Waals surface area contributed by atoms with E-state index in [1.807, 2.05) is 0 Å². The molecule has 1 rings (SSSR count). The van der Waals surface area contributed by atoms with Crippen molar-refractivity contribution in [3.8, 4) is 18.1 Å². The van der Waals surface area contributed by atoms with Crippen LogP contribution in [0.3, 0.4) is 0 Å². The Labute approximate surface area is 82.9 Å². The Bertz CT molecular complexity index is 368. The second-order valence-corrected chi connectivity index (χ2v) is 2.94. The molecule has 14 heavy (non-hydrogen) atoms. The molecule has 0 atom stereocenters. The van der Waals surface area contributed by atoms with E-state index in [9.17, 15) is 4.39 Å². The molecule has 0 amide bonds. The van der Waals surface area contributed by atoms with Gasteiger partial charge in [0.05, 0.1) is 6.61 Å². The van der Waals surface area contributed by atoms with Gasteiger partial charge in [0.25, 0.3) is 0 Å². The summed E-state index contributed by atoms with van der Waals surface area (Å²) in [5.74, 6) is 2.16. The summed E-state index contributed by atoms with van der Waals surface area (Å²) in [6.07, 6.45) is 5.50. The van der Waals surface area contributed by atoms with Crippen molar-refractivity contribution in [1.29, 1.82) is 0 Å². The highest BCUT2D eigenvalue weighted by atomic mass is 19.1. The van der Waals surface area contributed by atoms with Crippen molar-refractivity contribution in [2.24, 2.45) is 0 Å². The number of hydrogen-bond acceptors (Lipinski definition) is 2. The van der Waals surface area contributed by atoms with Gasteiger partial charge in [-0.05, 0) is 18.6 Å². The van der Waals surface area contributed by atoms with E-state index in [1.54, 1.807) is 13.0 Å². The van der Waals surface area contributed by atoms with Crippen molar-refractivity contribution < 1.29 is 9.13 Å². The summed E-state index contributed by atoms with van der Waals surface area (Å²) < 4.78 is 18.3. The molecule has 2 N–H and O–H groups in total. The van der Waals surface area contributed by atoms with E-state index in [4.69, 9.17) is 16.9 Å². The molecule has 1 aromatic carbocycles. The Morgan fingerprint density at radius 1 is 1.57 bits per heavy atom. The third-order valence-corrected chi connectivity index (χ3v) is 1.82. The number of anilines is 1. The zero-order valence-electron chi connectivity index (χ0n) is 8.01. The van der Waals surface area contributed by atoms with Crippen molar-refractivity contribution in [2.45, 2.75) is 13.3 Å². The molecule has 1 aromatic rings. The number of ether oxygens (including phenoxy) is 1. The van der Waals surface area contributed by atoms with Crippen LogP contribution in [0.25, 0.3) is 0 Å². The van der Waals surface area contributed by atoms with Crippen LogP contribution in [0.15, 0.2) is 12.1 Å². The third kappa shape index (κ3) is 2.40. The summed E-state index contributed by atoms with van der Waals surface area (Å²) in [5.41, 5.74) is 6.73. The monoisotopic (exact) mass is 193 g/mol. The van der Waals surface area contributed by atoms with E-state index in [0.717, 1.165) is 5.56 Å². The van der Waals surface area contributed by atoms with Crippen LogP contribution in [0.2, 0.25) is 0 Å². The maximum absolute atomic E-state index is 13.2. The van der Waals surface area contributed by atoms with Crippen LogP contribution in [-0.4, -0.2) is 6.61 Å². The van der Waals surface area contributed by atoms with Crippen LogP contribution in [0.5, 0.6) is 5.75 Å². The van der Waals surface area contributed by atoms with Gasteiger partial charge in [-0.15, -0.1) is 12.3 Å². The van der Waals surface area contributed by atoms with Gasteiger partial charge < -0.3 is 10.5 Å². The molecule has 0 unspecified atom stereocenters. The molecular weight excluding hydrogens is 181 g/mol. The van der Waals surface area contributed by atoms with Gasteiger partial charge in [0.15, 0.2) is 11.6 Å². The van der Waals surface area contributed by atoms with Crippen molar-refractivity contribution in [3.05, 3.63) is 23.5 Å². The first-order valence-electron chi connectivity index (χ1n) is 4.27. The predicted molar refractivity (Wildman–Crippen MR) is 54.5 cm³/mol. The smallest absolute Gasteiger partial charge is 0.167 e. The zero-order valence-corrected chi connectivity index (χ0v) is 8.01. The zero-order chi connectivity index (χ0) is 10.6. The average Bonchev–Trinajstić information content (AvgIpc) is 2.14. The van der Waals surface area contributed by atoms with Gasteiger partial charge in [0.2, 0.25) is 0 Å². The molecule has 0 fully saturated rings. The number of halogens is 1. The Kier molecular flexibility index (Phi) is 3.35. The number of nitrogen functional groups attached to an aromatic ring is 1. The molecule has 0 heterocycles. The van der Waals surface area contributed by atoms with E-state index in [2.05, 4.69) is 5.92 Å². The molecule has 0 aliphatic heterocycles. The first kappa shape index (κ1) is 10.4. The van der Waals surface area contributed by atoms with E-state index in [-0.39, 0.29) is 5.75 Å². The van der Waals surface area contributed by atoms with E-state index in [1.165, 1.54) is 6.07 Å². The molecule has 0 aliphatic rings. The Morgan fingerprint density at radius 2 is 2.29 bits per heavy atom. The molecule has 2 nitrogen and oxygen atoms in total. The van der Waals surface area contributed by atoms with E-state index < -0.39 is 5.82 Å². The molecule has 0 saturated heterocycles. The predicted octanol–water partition coefficient (Wildman–Crippen LogP) is 2.12. The lowest BCUT2D eigenvalue weighted by atomic mass is 10.2. The van der Waals surface area contributed by atoms with E-state index in [0.29, 0.717) is 18.7 Å². The average molecular weight is 193 g/mol. The quantitative estimate of drug-likeness (QED) is 0.453. The maximum atomic E-state index is 13.2. The van der Waals surface area contributed by atoms with Crippen LogP contribution in [0.1, 0.15) is 12.0 Å². The van der Waals surface area contributed by atoms with Gasteiger partial charge in [-0.25, -0.2) is 4.39 Å². The Morgan fingerprint density at radius 3 is 2.93 bits per heavy atom. The molecule has 0 aliphatic carbocycles. The van der Waals surface area contributed by atoms with Crippen LogP contribution in [-0.2, 0) is 0 Å². The first-order valence-corrected chi connectivity index (χ1v) is 4.27. The molecule has 74 valence electrons. The number of aryl methyl sites for hydroxylation is 1. The number of terminal acetylenes is 1. The van der Waals surface area contributed by atoms with Gasteiger partial charge in [-0.2, -0.15) is 0 Å². The minimum Gasteiger partial charge on any atom is -0.490 e. The van der Waals surface area contributed by atoms with Crippen molar-refractivity contribution >= 4 is 5.69 Å². The lowest BCUT2D eigenvalue weighted by Crippen LogP contribution is -2.00. The standard InChI is InChI=1S/C11H12FNO/c1-3-4-5-14-11-6-8(2)10(13)7-9(11)12/h1,6-7H,4-5,13H2,2H3. The number of hydrogen-bond donors (Lipinski definition) is 1. The van der Waals surface area contributed by atoms with Crippen molar-refractivity contribution in [3.63, 3.8) is 0 Å². The highest BCUT2D eigenvalue weighted by Crippen LogP contribution is 2.23. The molecule has 0 bridgehead atoms. The summed E-state index contributed by atoms with van der Waals surface area (Å²) in [4.78, 5) is 0. The molecule has 0 spiro atoms. The fraction of sp³-hybridized carbons (Fsp3) is 0.273. The van der Waals surface area contributed by atoms with E-state index >= 15 is 0 Å². The van der Waals surface area contributed by atoms with Crippen LogP contribution >= 0.6 is 0 Å². The Hall–Kier alpha value is -1.69. The van der Waals surface area contributed by atoms with Gasteiger partial charge in [-0.1, -0.05) is 0 Å². The SMILES string of the molecule is C#CCCOc1cc(C)c(N)cc1F. The largest absolute Gasteiger partial charge is 0.490 e. The molecule has 3 heteroatoms. The molecule has 0 saturated carbocycles. The van der Waals surface area contributed by atoms with Crippen LogP contribution in [0, 0.1) is 25.1 Å². The summed E-state index contributed by atoms with van der Waals surface area (Å²) in [5, 5.41) is 0. The fourth-order valence-corrected chi connectivity index (χ4v) is 1.00. The maximum Gasteiger partial charge on any atom is 0.167 e. The topological polar surface area (TPSA) is 35.2 Å². The number of benzene rings is 1. The summed E-state index contributed by atoms with van der Waals surface area (Å²) in [6.45, 7) is 2.11. The molecular formula is C11H12FNO. The fourth-order valence-electron chi connectivity index (χ4n) is 1.00. The van der Waals surface area contributed by atoms with Gasteiger partial charge in [-0.3, -0.25) is 0 Å². The third-order valence-electron chi connectivity index (χ3n) is 1.82. The van der Waals surface area contributed by atoms with Crippen LogP contribution in [0.4, 0.5) is 10.1 Å². The van der Waals surface area contributed by atoms with Crippen molar-refractivity contribution in [1.82, 2.24) is 0 Å². The van der Waals surface area contributed by atoms with Crippen LogP contribution < -0.4 is 10.5 Å².